The fourth-order valence-electron chi connectivity index (χ4n) is 1.97. The molecule has 0 aliphatic rings. The Morgan fingerprint density at radius 3 is 2.05 bits per heavy atom. The third-order valence-electron chi connectivity index (χ3n) is 2.89. The second kappa shape index (κ2) is 8.02. The summed E-state index contributed by atoms with van der Waals surface area (Å²) in [5, 5.41) is 0. The van der Waals surface area contributed by atoms with Crippen LogP contribution >= 0.6 is 0 Å². The predicted molar refractivity (Wildman–Crippen MR) is 87.9 cm³/mol. The van der Waals surface area contributed by atoms with Crippen molar-refractivity contribution < 1.29 is 0 Å². The van der Waals surface area contributed by atoms with E-state index in [1.54, 1.807) is 6.20 Å². The summed E-state index contributed by atoms with van der Waals surface area (Å²) in [7, 11) is 4.15. The van der Waals surface area contributed by atoms with Gasteiger partial charge in [0.15, 0.2) is 0 Å². The van der Waals surface area contributed by atoms with Crippen LogP contribution in [-0.2, 0) is 6.54 Å². The molecule has 0 aliphatic carbocycles. The van der Waals surface area contributed by atoms with Crippen molar-refractivity contribution in [3.05, 3.63) is 78.6 Å². The zero-order valence-electron chi connectivity index (χ0n) is 12.5. The van der Waals surface area contributed by atoms with Crippen LogP contribution in [0.5, 0.6) is 0 Å². The summed E-state index contributed by atoms with van der Waals surface area (Å²) in [6, 6.07) is 20.5. The fourth-order valence-corrected chi connectivity index (χ4v) is 1.97. The highest BCUT2D eigenvalue weighted by Gasteiger charge is 1.95. The van der Waals surface area contributed by atoms with Crippen molar-refractivity contribution in [2.24, 2.45) is 0 Å². The molecule has 0 amide bonds. The minimum Gasteiger partial charge on any atom is -0.345 e. The predicted octanol–water partition coefficient (Wildman–Crippen LogP) is 3.82. The van der Waals surface area contributed by atoms with E-state index in [2.05, 4.69) is 53.2 Å². The highest BCUT2D eigenvalue weighted by molar-refractivity contribution is 5.53. The Bertz CT molecular complexity index is 601. The molecule has 0 fully saturated rings. The average Bonchev–Trinajstić information content (AvgIpc) is 3.03. The second-order valence-corrected chi connectivity index (χ2v) is 5.03. The fraction of sp³-hybridized carbons (Fsp3) is 0.167. The molecular formula is C18H21N3. The topological polar surface area (TPSA) is 31.9 Å². The lowest BCUT2D eigenvalue weighted by Gasteiger charge is -2.08. The first-order valence-electron chi connectivity index (χ1n) is 6.99. The largest absolute Gasteiger partial charge is 0.345 e. The summed E-state index contributed by atoms with van der Waals surface area (Å²) in [5.74, 6) is 0.922. The molecule has 0 saturated carbocycles. The van der Waals surface area contributed by atoms with Gasteiger partial charge in [-0.2, -0.15) is 0 Å². The van der Waals surface area contributed by atoms with Gasteiger partial charge in [0, 0.05) is 24.5 Å². The second-order valence-electron chi connectivity index (χ2n) is 5.03. The monoisotopic (exact) mass is 279 g/mol. The maximum Gasteiger partial charge on any atom is 0.137 e. The number of benzene rings is 2. The number of rotatable bonds is 3. The molecule has 21 heavy (non-hydrogen) atoms. The lowest BCUT2D eigenvalue weighted by Crippen LogP contribution is -2.10. The molecule has 1 aromatic heterocycles. The number of imidazole rings is 1. The molecule has 3 rings (SSSR count). The van der Waals surface area contributed by atoms with Gasteiger partial charge >= 0.3 is 0 Å². The van der Waals surface area contributed by atoms with Crippen LogP contribution in [0.25, 0.3) is 11.4 Å². The zero-order valence-corrected chi connectivity index (χ0v) is 12.5. The van der Waals surface area contributed by atoms with Crippen molar-refractivity contribution in [2.45, 2.75) is 6.54 Å². The molecule has 1 heterocycles. The molecule has 3 heteroatoms. The molecule has 2 aromatic carbocycles. The van der Waals surface area contributed by atoms with Gasteiger partial charge in [0.25, 0.3) is 0 Å². The Hall–Kier alpha value is -2.39. The summed E-state index contributed by atoms with van der Waals surface area (Å²) in [6.07, 6.45) is 3.57. The number of nitrogens with one attached hydrogen (secondary N) is 1. The molecule has 108 valence electrons. The molecule has 0 aliphatic heterocycles. The van der Waals surface area contributed by atoms with Crippen LogP contribution in [0.1, 0.15) is 5.56 Å². The molecule has 0 bridgehead atoms. The molecule has 3 nitrogen and oxygen atoms in total. The SMILES string of the molecule is CN(C)Cc1ccccc1.c1ccc(-c2ncc[nH]2)cc1. The van der Waals surface area contributed by atoms with E-state index in [0.717, 1.165) is 17.9 Å². The molecule has 0 unspecified atom stereocenters. The van der Waals surface area contributed by atoms with Crippen molar-refractivity contribution >= 4 is 0 Å². The van der Waals surface area contributed by atoms with E-state index in [4.69, 9.17) is 0 Å². The van der Waals surface area contributed by atoms with E-state index in [-0.39, 0.29) is 0 Å². The number of aromatic nitrogens is 2. The smallest absolute Gasteiger partial charge is 0.137 e. The summed E-state index contributed by atoms with van der Waals surface area (Å²) in [6.45, 7) is 1.03. The van der Waals surface area contributed by atoms with Crippen molar-refractivity contribution in [2.75, 3.05) is 14.1 Å². The summed E-state index contributed by atoms with van der Waals surface area (Å²) in [4.78, 5) is 9.34. The Balaban J connectivity index is 0.000000155. The van der Waals surface area contributed by atoms with Crippen LogP contribution in [0.3, 0.4) is 0 Å². The van der Waals surface area contributed by atoms with Crippen LogP contribution in [0.15, 0.2) is 73.1 Å². The third kappa shape index (κ3) is 5.24. The van der Waals surface area contributed by atoms with Crippen molar-refractivity contribution in [1.29, 1.82) is 0 Å². The minimum absolute atomic E-state index is 0.922. The van der Waals surface area contributed by atoms with E-state index in [1.807, 2.05) is 42.6 Å². The minimum atomic E-state index is 0.922. The van der Waals surface area contributed by atoms with Crippen LogP contribution in [-0.4, -0.2) is 29.0 Å². The van der Waals surface area contributed by atoms with Gasteiger partial charge in [-0.25, -0.2) is 4.98 Å². The van der Waals surface area contributed by atoms with Crippen molar-refractivity contribution in [3.63, 3.8) is 0 Å². The van der Waals surface area contributed by atoms with Crippen LogP contribution in [0.2, 0.25) is 0 Å². The average molecular weight is 279 g/mol. The Morgan fingerprint density at radius 2 is 1.52 bits per heavy atom. The first-order valence-corrected chi connectivity index (χ1v) is 6.99. The van der Waals surface area contributed by atoms with Crippen LogP contribution < -0.4 is 0 Å². The van der Waals surface area contributed by atoms with Gasteiger partial charge in [0.2, 0.25) is 0 Å². The van der Waals surface area contributed by atoms with Gasteiger partial charge in [-0.15, -0.1) is 0 Å². The first kappa shape index (κ1) is 15.0. The van der Waals surface area contributed by atoms with E-state index in [0.29, 0.717) is 0 Å². The normalized spacial score (nSPS) is 10.0. The van der Waals surface area contributed by atoms with Crippen LogP contribution in [0, 0.1) is 0 Å². The van der Waals surface area contributed by atoms with Gasteiger partial charge in [0.05, 0.1) is 0 Å². The molecule has 0 radical (unpaired) electrons. The zero-order chi connectivity index (χ0) is 14.9. The van der Waals surface area contributed by atoms with Crippen LogP contribution in [0.4, 0.5) is 0 Å². The first-order chi connectivity index (χ1) is 10.3. The Labute approximate surface area is 126 Å². The maximum absolute atomic E-state index is 4.13. The number of nitrogens with zero attached hydrogens (tertiary/aromatic N) is 2. The van der Waals surface area contributed by atoms with Gasteiger partial charge in [0.1, 0.15) is 5.82 Å². The standard InChI is InChI=1S/C9H8N2.C9H13N/c1-2-4-8(5-3-1)9-10-6-7-11-9;1-10(2)8-9-6-4-3-5-7-9/h1-7H,(H,10,11);3-7H,8H2,1-2H3. The van der Waals surface area contributed by atoms with E-state index in [1.165, 1.54) is 5.56 Å². The van der Waals surface area contributed by atoms with Crippen molar-refractivity contribution in [1.82, 2.24) is 14.9 Å². The molecular weight excluding hydrogens is 258 g/mol. The van der Waals surface area contributed by atoms with E-state index in [9.17, 15) is 0 Å². The maximum atomic E-state index is 4.13. The van der Waals surface area contributed by atoms with Gasteiger partial charge in [-0.3, -0.25) is 0 Å². The highest BCUT2D eigenvalue weighted by atomic mass is 15.0. The van der Waals surface area contributed by atoms with Gasteiger partial charge in [-0.1, -0.05) is 60.7 Å². The van der Waals surface area contributed by atoms with E-state index < -0.39 is 0 Å². The summed E-state index contributed by atoms with van der Waals surface area (Å²) >= 11 is 0. The molecule has 0 spiro atoms. The summed E-state index contributed by atoms with van der Waals surface area (Å²) in [5.41, 5.74) is 2.49. The van der Waals surface area contributed by atoms with Crippen molar-refractivity contribution in [3.8, 4) is 11.4 Å². The lowest BCUT2D eigenvalue weighted by molar-refractivity contribution is 0.402. The number of H-pyrrole nitrogens is 1. The Morgan fingerprint density at radius 1 is 0.905 bits per heavy atom. The number of aromatic amines is 1. The highest BCUT2D eigenvalue weighted by Crippen LogP contribution is 2.11. The third-order valence-corrected chi connectivity index (χ3v) is 2.89. The van der Waals surface area contributed by atoms with Gasteiger partial charge in [-0.05, 0) is 19.7 Å². The van der Waals surface area contributed by atoms with Gasteiger partial charge < -0.3 is 9.88 Å². The molecule has 3 aromatic rings. The number of hydrogen-bond acceptors (Lipinski definition) is 2. The summed E-state index contributed by atoms with van der Waals surface area (Å²) < 4.78 is 0. The number of hydrogen-bond donors (Lipinski definition) is 1. The molecule has 1 N–H and O–H groups in total. The Kier molecular flexibility index (Phi) is 5.73. The lowest BCUT2D eigenvalue weighted by atomic mass is 10.2. The molecule has 0 saturated heterocycles. The van der Waals surface area contributed by atoms with E-state index >= 15 is 0 Å². The quantitative estimate of drug-likeness (QED) is 0.790. The molecule has 0 atom stereocenters.